The molecule has 0 spiro atoms. The molecule has 11 nitrogen and oxygen atoms in total. The van der Waals surface area contributed by atoms with Gasteiger partial charge >= 0.3 is 5.69 Å². The van der Waals surface area contributed by atoms with Gasteiger partial charge < -0.3 is 10.6 Å². The fourth-order valence-corrected chi connectivity index (χ4v) is 2.86. The van der Waals surface area contributed by atoms with Crippen LogP contribution in [0.4, 0.5) is 17.1 Å². The molecule has 2 heterocycles. The average molecular weight is 411 g/mol. The van der Waals surface area contributed by atoms with Crippen LogP contribution >= 0.6 is 0 Å². The lowest BCUT2D eigenvalue weighted by Crippen LogP contribution is -2.24. The quantitative estimate of drug-likeness (QED) is 0.453. The van der Waals surface area contributed by atoms with Gasteiger partial charge in [-0.15, -0.1) is 0 Å². The monoisotopic (exact) mass is 411 g/mol. The van der Waals surface area contributed by atoms with Gasteiger partial charge in [0.2, 0.25) is 5.91 Å². The van der Waals surface area contributed by atoms with Crippen molar-refractivity contribution in [3.63, 3.8) is 0 Å². The molecule has 0 aliphatic heterocycles. The van der Waals surface area contributed by atoms with E-state index in [0.29, 0.717) is 23.6 Å². The summed E-state index contributed by atoms with van der Waals surface area (Å²) in [5.41, 5.74) is 1.48. The third kappa shape index (κ3) is 4.35. The second kappa shape index (κ2) is 8.55. The molecule has 1 aromatic carbocycles. The van der Waals surface area contributed by atoms with E-state index in [9.17, 15) is 19.7 Å². The third-order valence-electron chi connectivity index (χ3n) is 4.50. The van der Waals surface area contributed by atoms with Gasteiger partial charge in [0.25, 0.3) is 5.91 Å². The Hall–Kier alpha value is -4.02. The number of carbonyl (C=O) groups excluding carboxylic acids is 2. The molecular formula is C19H21N7O4. The molecule has 0 bridgehead atoms. The Balaban J connectivity index is 1.70. The molecule has 156 valence electrons. The van der Waals surface area contributed by atoms with Crippen LogP contribution in [0.1, 0.15) is 36.1 Å². The van der Waals surface area contributed by atoms with Gasteiger partial charge in [-0.3, -0.25) is 29.1 Å². The van der Waals surface area contributed by atoms with Gasteiger partial charge in [0, 0.05) is 24.1 Å². The van der Waals surface area contributed by atoms with Crippen molar-refractivity contribution in [2.24, 2.45) is 0 Å². The summed E-state index contributed by atoms with van der Waals surface area (Å²) in [6.07, 6.45) is 2.78. The summed E-state index contributed by atoms with van der Waals surface area (Å²) in [5.74, 6) is -0.717. The topological polar surface area (TPSA) is 137 Å². The highest BCUT2D eigenvalue weighted by Gasteiger charge is 2.22. The molecule has 3 aromatic rings. The van der Waals surface area contributed by atoms with Crippen molar-refractivity contribution in [3.05, 3.63) is 64.2 Å². The molecule has 0 aliphatic rings. The van der Waals surface area contributed by atoms with Crippen molar-refractivity contribution in [1.29, 1.82) is 0 Å². The Morgan fingerprint density at radius 2 is 1.93 bits per heavy atom. The Kier molecular flexibility index (Phi) is 5.90. The number of aryl methyl sites for hydroxylation is 2. The molecular weight excluding hydrogens is 390 g/mol. The molecule has 2 aromatic heterocycles. The fraction of sp³-hybridized carbons (Fsp3) is 0.263. The Morgan fingerprint density at radius 3 is 2.57 bits per heavy atom. The number of nitro groups is 1. The number of rotatable bonds is 7. The lowest BCUT2D eigenvalue weighted by molar-refractivity contribution is -0.385. The molecule has 0 fully saturated rings. The Labute approximate surface area is 171 Å². The Morgan fingerprint density at radius 1 is 1.23 bits per heavy atom. The van der Waals surface area contributed by atoms with E-state index >= 15 is 0 Å². The fourth-order valence-electron chi connectivity index (χ4n) is 2.86. The molecule has 0 saturated heterocycles. The van der Waals surface area contributed by atoms with E-state index in [1.54, 1.807) is 48.1 Å². The molecule has 0 saturated carbocycles. The highest BCUT2D eigenvalue weighted by molar-refractivity contribution is 6.03. The summed E-state index contributed by atoms with van der Waals surface area (Å²) in [4.78, 5) is 35.5. The van der Waals surface area contributed by atoms with Gasteiger partial charge in [-0.05, 0) is 45.0 Å². The predicted octanol–water partition coefficient (Wildman–Crippen LogP) is 2.77. The summed E-state index contributed by atoms with van der Waals surface area (Å²) in [6.45, 7) is 5.55. The van der Waals surface area contributed by atoms with Gasteiger partial charge in [-0.1, -0.05) is 6.07 Å². The zero-order valence-electron chi connectivity index (χ0n) is 16.7. The number of nitrogens with one attached hydrogen (secondary N) is 2. The van der Waals surface area contributed by atoms with E-state index in [0.717, 1.165) is 0 Å². The summed E-state index contributed by atoms with van der Waals surface area (Å²) >= 11 is 0. The van der Waals surface area contributed by atoms with Crippen molar-refractivity contribution in [3.8, 4) is 0 Å². The summed E-state index contributed by atoms with van der Waals surface area (Å²) in [5, 5.41) is 24.6. The van der Waals surface area contributed by atoms with Gasteiger partial charge in [0.1, 0.15) is 23.6 Å². The molecule has 30 heavy (non-hydrogen) atoms. The molecule has 2 N–H and O–H groups in total. The van der Waals surface area contributed by atoms with Gasteiger partial charge in [0.15, 0.2) is 0 Å². The summed E-state index contributed by atoms with van der Waals surface area (Å²) < 4.78 is 2.83. The van der Waals surface area contributed by atoms with Crippen molar-refractivity contribution in [2.75, 3.05) is 10.6 Å². The van der Waals surface area contributed by atoms with Gasteiger partial charge in [0.05, 0.1) is 4.92 Å². The van der Waals surface area contributed by atoms with E-state index in [1.807, 2.05) is 6.92 Å². The first-order valence-electron chi connectivity index (χ1n) is 9.24. The molecule has 1 unspecified atom stereocenters. The van der Waals surface area contributed by atoms with Crippen LogP contribution in [0, 0.1) is 17.0 Å². The van der Waals surface area contributed by atoms with Crippen LogP contribution in [0.3, 0.4) is 0 Å². The number of aromatic nitrogens is 4. The number of nitrogens with zero attached hydrogens (tertiary/aromatic N) is 5. The number of benzene rings is 1. The number of hydrogen-bond donors (Lipinski definition) is 2. The first kappa shape index (κ1) is 20.7. The maximum Gasteiger partial charge on any atom is 0.309 e. The highest BCUT2D eigenvalue weighted by atomic mass is 16.6. The maximum atomic E-state index is 12.6. The minimum atomic E-state index is -0.769. The molecule has 1 atom stereocenters. The van der Waals surface area contributed by atoms with E-state index in [2.05, 4.69) is 20.8 Å². The molecule has 2 amide bonds. The first-order valence-corrected chi connectivity index (χ1v) is 9.24. The number of hydrogen-bond acceptors (Lipinski definition) is 6. The van der Waals surface area contributed by atoms with E-state index in [1.165, 1.54) is 17.8 Å². The molecule has 0 aliphatic carbocycles. The van der Waals surface area contributed by atoms with Crippen LogP contribution in [0.2, 0.25) is 0 Å². The maximum absolute atomic E-state index is 12.6. The molecule has 11 heteroatoms. The minimum absolute atomic E-state index is 0.148. The lowest BCUT2D eigenvalue weighted by Gasteiger charge is -2.13. The van der Waals surface area contributed by atoms with Gasteiger partial charge in [-0.25, -0.2) is 0 Å². The smallest absolute Gasteiger partial charge is 0.309 e. The average Bonchev–Trinajstić information content (AvgIpc) is 3.34. The van der Waals surface area contributed by atoms with Crippen molar-refractivity contribution >= 4 is 28.9 Å². The van der Waals surface area contributed by atoms with Crippen LogP contribution in [0.25, 0.3) is 0 Å². The standard InChI is InChI=1S/C19H21N7O4/c1-4-24-16(8-9-20-24)19(28)22-15-7-5-6-14(10-15)21-18(27)13(3)25-11-17(26(29)30)12(2)23-25/h5-11,13H,4H2,1-3H3,(H,21,27)(H,22,28). The second-order valence-electron chi connectivity index (χ2n) is 6.57. The van der Waals surface area contributed by atoms with E-state index in [-0.39, 0.29) is 17.3 Å². The van der Waals surface area contributed by atoms with Crippen LogP contribution in [0.15, 0.2) is 42.7 Å². The zero-order chi connectivity index (χ0) is 21.8. The third-order valence-corrected chi connectivity index (χ3v) is 4.50. The van der Waals surface area contributed by atoms with Crippen molar-refractivity contribution < 1.29 is 14.5 Å². The molecule has 3 rings (SSSR count). The van der Waals surface area contributed by atoms with Crippen LogP contribution < -0.4 is 10.6 Å². The van der Waals surface area contributed by atoms with Crippen LogP contribution in [-0.2, 0) is 11.3 Å². The van der Waals surface area contributed by atoms with Crippen molar-refractivity contribution in [1.82, 2.24) is 19.6 Å². The Bertz CT molecular complexity index is 1100. The van der Waals surface area contributed by atoms with E-state index in [4.69, 9.17) is 0 Å². The lowest BCUT2D eigenvalue weighted by atomic mass is 10.2. The zero-order valence-corrected chi connectivity index (χ0v) is 16.7. The van der Waals surface area contributed by atoms with Crippen LogP contribution in [0.5, 0.6) is 0 Å². The normalized spacial score (nSPS) is 11.7. The SMILES string of the molecule is CCn1nccc1C(=O)Nc1cccc(NC(=O)C(C)n2cc([N+](=O)[O-])c(C)n2)c1. The largest absolute Gasteiger partial charge is 0.324 e. The minimum Gasteiger partial charge on any atom is -0.324 e. The van der Waals surface area contributed by atoms with Gasteiger partial charge in [-0.2, -0.15) is 10.2 Å². The predicted molar refractivity (Wildman–Crippen MR) is 109 cm³/mol. The second-order valence-corrected chi connectivity index (χ2v) is 6.57. The van der Waals surface area contributed by atoms with Crippen LogP contribution in [-0.4, -0.2) is 36.3 Å². The first-order chi connectivity index (χ1) is 14.3. The number of carbonyl (C=O) groups is 2. The summed E-state index contributed by atoms with van der Waals surface area (Å²) in [7, 11) is 0. The summed E-state index contributed by atoms with van der Waals surface area (Å²) in [6, 6.07) is 7.53. The van der Waals surface area contributed by atoms with E-state index < -0.39 is 16.9 Å². The molecule has 0 radical (unpaired) electrons. The van der Waals surface area contributed by atoms with Crippen molar-refractivity contribution in [2.45, 2.75) is 33.4 Å². The number of amides is 2. The number of anilines is 2. The highest BCUT2D eigenvalue weighted by Crippen LogP contribution is 2.21.